The molecule has 0 bridgehead atoms. The Hall–Kier alpha value is -3.28. The van der Waals surface area contributed by atoms with Crippen LogP contribution in [0.1, 0.15) is 46.3 Å². The molecule has 278 valence electrons. The third kappa shape index (κ3) is 9.40. The van der Waals surface area contributed by atoms with E-state index < -0.39 is 81.3 Å². The standard InChI is InChI=1S/C28H38FN9O10P2S/c1-14(2)25(40)36-28-35-24-21(26(41)37-28)33-13-38(24)27-22(15(3)20(10-39)46-27)48-50(51,44-6-4-5-30)45-11-16-7-17(8-19(16)47-49(42)43)34-23-18(29)9-31-12-32-23/h9,12-17,19-20,22,27,39,49H,4,6-8,10-11H2,1-3H3,(H,42,43)(H,31,32,34)(H2,35,36,37,40,41)/t15-,16-,17-,19+,20-,22-,27-,50?/m1/s1. The number of hydrogen-bond donors (Lipinski definition) is 5. The van der Waals surface area contributed by atoms with Crippen LogP contribution in [0.15, 0.2) is 23.6 Å². The molecule has 4 heterocycles. The first-order chi connectivity index (χ1) is 24.3. The fraction of sp³-hybridized carbons (Fsp3) is 0.607. The zero-order valence-corrected chi connectivity index (χ0v) is 30.4. The predicted octanol–water partition coefficient (Wildman–Crippen LogP) is 2.38. The molecule has 0 radical (unpaired) electrons. The molecule has 5 N–H and O–H groups in total. The molecule has 51 heavy (non-hydrogen) atoms. The average Bonchev–Trinajstić information content (AvgIpc) is 3.76. The second kappa shape index (κ2) is 17.0. The molecule has 2 fully saturated rings. The number of anilines is 2. The minimum atomic E-state index is -3.78. The second-order valence-corrected chi connectivity index (χ2v) is 16.0. The maximum Gasteiger partial charge on any atom is 0.327 e. The summed E-state index contributed by atoms with van der Waals surface area (Å²) in [6.07, 6.45) is 0.324. The van der Waals surface area contributed by atoms with E-state index in [1.165, 1.54) is 17.2 Å². The number of H-pyrrole nitrogens is 1. The molecule has 2 aliphatic rings. The van der Waals surface area contributed by atoms with Crippen LogP contribution in [0.25, 0.3) is 11.2 Å². The van der Waals surface area contributed by atoms with E-state index in [1.54, 1.807) is 20.8 Å². The number of hydrogen-bond acceptors (Lipinski definition) is 16. The van der Waals surface area contributed by atoms with Crippen LogP contribution in [0.3, 0.4) is 0 Å². The van der Waals surface area contributed by atoms with E-state index in [1.807, 2.05) is 6.07 Å². The van der Waals surface area contributed by atoms with Crippen LogP contribution in [0.2, 0.25) is 0 Å². The average molecular weight is 774 g/mol. The topological polar surface area (TPSA) is 258 Å². The Bertz CT molecular complexity index is 1880. The van der Waals surface area contributed by atoms with Gasteiger partial charge in [-0.15, -0.1) is 0 Å². The first-order valence-electron chi connectivity index (χ1n) is 15.9. The molecule has 9 atom stereocenters. The molecule has 3 aromatic rings. The van der Waals surface area contributed by atoms with Crippen LogP contribution in [0, 0.1) is 34.9 Å². The number of nitrogens with zero attached hydrogens (tertiary/aromatic N) is 6. The molecule has 23 heteroatoms. The van der Waals surface area contributed by atoms with E-state index in [2.05, 4.69) is 35.6 Å². The first kappa shape index (κ1) is 38.9. The van der Waals surface area contributed by atoms with Gasteiger partial charge in [0.15, 0.2) is 29.0 Å². The highest BCUT2D eigenvalue weighted by Crippen LogP contribution is 2.56. The van der Waals surface area contributed by atoms with Gasteiger partial charge in [0.1, 0.15) is 12.4 Å². The van der Waals surface area contributed by atoms with Gasteiger partial charge in [-0.3, -0.25) is 29.0 Å². The number of aliphatic hydroxyl groups excluding tert-OH is 1. The Labute approximate surface area is 296 Å². The smallest absolute Gasteiger partial charge is 0.327 e. The normalized spacial score (nSPS) is 26.6. The maximum atomic E-state index is 14.3. The lowest BCUT2D eigenvalue weighted by Crippen LogP contribution is -2.29. The summed E-state index contributed by atoms with van der Waals surface area (Å²) in [4.78, 5) is 53.4. The number of carbonyl (C=O) groups excluding carboxylic acids is 1. The van der Waals surface area contributed by atoms with Crippen molar-refractivity contribution in [3.8, 4) is 6.07 Å². The number of aromatic amines is 1. The van der Waals surface area contributed by atoms with Gasteiger partial charge in [-0.25, -0.2) is 19.3 Å². The van der Waals surface area contributed by atoms with Crippen molar-refractivity contribution >= 4 is 55.6 Å². The van der Waals surface area contributed by atoms with E-state index in [-0.39, 0.29) is 54.9 Å². The van der Waals surface area contributed by atoms with E-state index >= 15 is 0 Å². The number of halogens is 1. The van der Waals surface area contributed by atoms with Crippen molar-refractivity contribution in [2.45, 2.75) is 70.6 Å². The number of aromatic nitrogens is 6. The Balaban J connectivity index is 1.40. The molecule has 5 rings (SSSR count). The second-order valence-electron chi connectivity index (χ2n) is 12.3. The number of imidazole rings is 1. The van der Waals surface area contributed by atoms with Crippen molar-refractivity contribution in [3.63, 3.8) is 0 Å². The van der Waals surface area contributed by atoms with Crippen molar-refractivity contribution in [3.05, 3.63) is 35.0 Å². The highest BCUT2D eigenvalue weighted by Gasteiger charge is 2.48. The molecule has 1 aliphatic carbocycles. The first-order valence-corrected chi connectivity index (χ1v) is 19.7. The van der Waals surface area contributed by atoms with Gasteiger partial charge in [0.25, 0.3) is 5.56 Å². The van der Waals surface area contributed by atoms with Gasteiger partial charge in [-0.05, 0) is 24.6 Å². The van der Waals surface area contributed by atoms with E-state index in [4.69, 9.17) is 34.6 Å². The Morgan fingerprint density at radius 1 is 1.35 bits per heavy atom. The highest BCUT2D eigenvalue weighted by molar-refractivity contribution is 8.07. The van der Waals surface area contributed by atoms with E-state index in [0.717, 1.165) is 6.20 Å². The number of rotatable bonds is 16. The van der Waals surface area contributed by atoms with Crippen LogP contribution < -0.4 is 16.2 Å². The third-order valence-electron chi connectivity index (χ3n) is 8.40. The van der Waals surface area contributed by atoms with Crippen molar-refractivity contribution < 1.29 is 46.6 Å². The van der Waals surface area contributed by atoms with Crippen LogP contribution in [0.4, 0.5) is 16.2 Å². The van der Waals surface area contributed by atoms with Crippen LogP contribution in [-0.2, 0) is 44.0 Å². The van der Waals surface area contributed by atoms with Crippen molar-refractivity contribution in [2.24, 2.45) is 17.8 Å². The lowest BCUT2D eigenvalue weighted by molar-refractivity contribution is -0.118. The van der Waals surface area contributed by atoms with Crippen LogP contribution >= 0.6 is 15.0 Å². The summed E-state index contributed by atoms with van der Waals surface area (Å²) in [5, 5.41) is 24.9. The molecular weight excluding hydrogens is 735 g/mol. The predicted molar refractivity (Wildman–Crippen MR) is 181 cm³/mol. The molecule has 1 amide bonds. The van der Waals surface area contributed by atoms with E-state index in [0.29, 0.717) is 6.42 Å². The Kier molecular flexibility index (Phi) is 13.0. The van der Waals surface area contributed by atoms with Gasteiger partial charge >= 0.3 is 15.0 Å². The summed E-state index contributed by atoms with van der Waals surface area (Å²) in [6, 6.07) is 1.54. The van der Waals surface area contributed by atoms with Gasteiger partial charge in [0.05, 0.1) is 57.0 Å². The van der Waals surface area contributed by atoms with Crippen LogP contribution in [-0.4, -0.2) is 89.6 Å². The van der Waals surface area contributed by atoms with Crippen molar-refractivity contribution in [1.29, 1.82) is 5.26 Å². The zero-order chi connectivity index (χ0) is 36.9. The van der Waals surface area contributed by atoms with Crippen molar-refractivity contribution in [2.75, 3.05) is 30.5 Å². The number of ether oxygens (including phenoxy) is 1. The van der Waals surface area contributed by atoms with Gasteiger partial charge in [0.2, 0.25) is 11.9 Å². The van der Waals surface area contributed by atoms with Crippen LogP contribution in [0.5, 0.6) is 0 Å². The molecule has 2 unspecified atom stereocenters. The number of carbonyl (C=O) groups is 1. The van der Waals surface area contributed by atoms with E-state index in [9.17, 15) is 33.8 Å². The molecule has 3 aromatic heterocycles. The SMILES string of the molecule is CC(C)C(=O)Nc1nc2c(ncn2[C@@H]2O[C@H](CO)[C@@H](C)[C@H]2OP(=S)(OCCC#N)OC[C@H]2C[C@@H](Nc3ncncc3F)C[C@@H]2O[PH](=O)O)c(=O)[nH]1. The zero-order valence-electron chi connectivity index (χ0n) is 27.7. The largest absolute Gasteiger partial charge is 0.394 e. The summed E-state index contributed by atoms with van der Waals surface area (Å²) in [5.41, 5.74) is -0.630. The molecule has 0 spiro atoms. The van der Waals surface area contributed by atoms with Crippen molar-refractivity contribution in [1.82, 2.24) is 29.5 Å². The summed E-state index contributed by atoms with van der Waals surface area (Å²) in [6.45, 7) is 0.593. The maximum absolute atomic E-state index is 14.3. The fourth-order valence-electron chi connectivity index (χ4n) is 5.77. The van der Waals surface area contributed by atoms with Gasteiger partial charge in [-0.1, -0.05) is 20.8 Å². The molecule has 1 saturated heterocycles. The minimum absolute atomic E-state index is 0.0436. The quantitative estimate of drug-likeness (QED) is 0.103. The summed E-state index contributed by atoms with van der Waals surface area (Å²) in [7, 11) is -3.38. The minimum Gasteiger partial charge on any atom is -0.394 e. The Morgan fingerprint density at radius 2 is 2.14 bits per heavy atom. The summed E-state index contributed by atoms with van der Waals surface area (Å²) in [5.74, 6) is -2.69. The van der Waals surface area contributed by atoms with Gasteiger partial charge in [0, 0.05) is 23.8 Å². The molecular formula is C28H38FN9O10P2S. The highest BCUT2D eigenvalue weighted by atomic mass is 32.5. The van der Waals surface area contributed by atoms with Gasteiger partial charge in [-0.2, -0.15) is 10.2 Å². The third-order valence-corrected chi connectivity index (χ3v) is 11.3. The molecule has 0 aromatic carbocycles. The molecule has 1 saturated carbocycles. The molecule has 1 aliphatic heterocycles. The van der Waals surface area contributed by atoms with Gasteiger partial charge < -0.3 is 38.1 Å². The fourth-order valence-corrected chi connectivity index (χ4v) is 8.50. The number of nitriles is 1. The number of aliphatic hydroxyl groups is 1. The lowest BCUT2D eigenvalue weighted by atomic mass is 10.0. The summed E-state index contributed by atoms with van der Waals surface area (Å²) < 4.78 is 57.4. The number of nitrogens with one attached hydrogen (secondary N) is 3. The number of amides is 1. The summed E-state index contributed by atoms with van der Waals surface area (Å²) >= 11 is 5.83. The lowest BCUT2D eigenvalue weighted by Gasteiger charge is -2.30. The number of fused-ring (bicyclic) bond motifs is 1. The molecule has 19 nitrogen and oxygen atoms in total. The monoisotopic (exact) mass is 773 g/mol. The Morgan fingerprint density at radius 3 is 2.82 bits per heavy atom.